The van der Waals surface area contributed by atoms with Crippen LogP contribution < -0.4 is 0 Å². The van der Waals surface area contributed by atoms with E-state index in [0.29, 0.717) is 11.3 Å². The predicted molar refractivity (Wildman–Crippen MR) is 56.1 cm³/mol. The lowest BCUT2D eigenvalue weighted by Gasteiger charge is -2.27. The van der Waals surface area contributed by atoms with Crippen molar-refractivity contribution in [1.82, 2.24) is 4.90 Å². The molecule has 0 radical (unpaired) electrons. The molecule has 0 saturated carbocycles. The van der Waals surface area contributed by atoms with Crippen LogP contribution in [0.2, 0.25) is 0 Å². The third-order valence-electron chi connectivity index (χ3n) is 1.77. The Kier molecular flexibility index (Phi) is 4.05. The zero-order chi connectivity index (χ0) is 11.5. The minimum atomic E-state index is -2.88. The molecule has 0 aliphatic rings. The van der Waals surface area contributed by atoms with Gasteiger partial charge in [-0.3, -0.25) is 0 Å². The van der Waals surface area contributed by atoms with E-state index in [9.17, 15) is 8.78 Å². The Morgan fingerprint density at radius 1 is 1.29 bits per heavy atom. The molecule has 0 atom stereocenters. The van der Waals surface area contributed by atoms with E-state index in [1.807, 2.05) is 0 Å². The minimum absolute atomic E-state index is 0.0856. The zero-order valence-corrected chi connectivity index (χ0v) is 9.19. The number of alkyl halides is 2. The summed E-state index contributed by atoms with van der Waals surface area (Å²) >= 11 is 0. The second-order valence-corrected chi connectivity index (χ2v) is 3.56. The van der Waals surface area contributed by atoms with Crippen molar-refractivity contribution in [3.63, 3.8) is 0 Å². The van der Waals surface area contributed by atoms with Crippen LogP contribution >= 0.6 is 0 Å². The lowest BCUT2D eigenvalue weighted by atomic mass is 10.1. The highest BCUT2D eigenvalue weighted by molar-refractivity contribution is 5.24. The quantitative estimate of drug-likeness (QED) is 0.628. The summed E-state index contributed by atoms with van der Waals surface area (Å²) in [5, 5.41) is 0. The van der Waals surface area contributed by atoms with E-state index in [-0.39, 0.29) is 5.70 Å². The Balaban J connectivity index is 5.13. The van der Waals surface area contributed by atoms with Gasteiger partial charge < -0.3 is 4.90 Å². The van der Waals surface area contributed by atoms with Crippen LogP contribution in [0.5, 0.6) is 0 Å². The standard InChI is InChI=1S/C11H17F2N/c1-8(2)7-10(11(5,12)13)14(6)9(3)4/h7H,1,3H2,2,4-6H3/b10-7-. The van der Waals surface area contributed by atoms with Gasteiger partial charge in [0, 0.05) is 19.7 Å². The van der Waals surface area contributed by atoms with Crippen molar-refractivity contribution in [1.29, 1.82) is 0 Å². The topological polar surface area (TPSA) is 3.24 Å². The first-order chi connectivity index (χ1) is 6.16. The van der Waals surface area contributed by atoms with Gasteiger partial charge in [-0.25, -0.2) is 8.78 Å². The number of halogens is 2. The molecule has 0 heterocycles. The highest BCUT2D eigenvalue weighted by Crippen LogP contribution is 2.28. The van der Waals surface area contributed by atoms with Gasteiger partial charge in [0.05, 0.1) is 5.70 Å². The third kappa shape index (κ3) is 3.73. The van der Waals surface area contributed by atoms with Gasteiger partial charge in [0.1, 0.15) is 0 Å². The minimum Gasteiger partial charge on any atom is -0.348 e. The monoisotopic (exact) mass is 201 g/mol. The van der Waals surface area contributed by atoms with Gasteiger partial charge in [0.25, 0.3) is 5.92 Å². The summed E-state index contributed by atoms with van der Waals surface area (Å²) in [5.41, 5.74) is 1.08. The van der Waals surface area contributed by atoms with Gasteiger partial charge in [-0.1, -0.05) is 18.7 Å². The molecular weight excluding hydrogens is 184 g/mol. The molecule has 0 bridgehead atoms. The van der Waals surface area contributed by atoms with E-state index < -0.39 is 5.92 Å². The molecule has 0 unspecified atom stereocenters. The maximum absolute atomic E-state index is 13.2. The SMILES string of the molecule is C=C(C)/C=C(\N(C)C(=C)C)C(C)(F)F. The van der Waals surface area contributed by atoms with E-state index in [0.717, 1.165) is 6.92 Å². The second kappa shape index (κ2) is 4.40. The Morgan fingerprint density at radius 3 is 1.93 bits per heavy atom. The van der Waals surface area contributed by atoms with Crippen molar-refractivity contribution in [2.75, 3.05) is 7.05 Å². The molecule has 0 saturated heterocycles. The summed E-state index contributed by atoms with van der Waals surface area (Å²) in [6, 6.07) is 0. The molecular formula is C11H17F2N. The Hall–Kier alpha value is -1.12. The molecule has 14 heavy (non-hydrogen) atoms. The summed E-state index contributed by atoms with van der Waals surface area (Å²) in [6.45, 7) is 11.4. The molecule has 0 N–H and O–H groups in total. The summed E-state index contributed by atoms with van der Waals surface area (Å²) in [6.07, 6.45) is 1.37. The molecule has 0 rings (SSSR count). The van der Waals surface area contributed by atoms with Crippen molar-refractivity contribution in [3.05, 3.63) is 36.2 Å². The van der Waals surface area contributed by atoms with E-state index in [2.05, 4.69) is 13.2 Å². The molecule has 3 heteroatoms. The zero-order valence-electron chi connectivity index (χ0n) is 9.19. The van der Waals surface area contributed by atoms with Crippen LogP contribution in [0.1, 0.15) is 20.8 Å². The fourth-order valence-electron chi connectivity index (χ4n) is 0.957. The highest BCUT2D eigenvalue weighted by atomic mass is 19.3. The normalized spacial score (nSPS) is 12.6. The molecule has 0 aromatic rings. The van der Waals surface area contributed by atoms with Gasteiger partial charge in [0.15, 0.2) is 0 Å². The van der Waals surface area contributed by atoms with Crippen LogP contribution in [0.15, 0.2) is 36.2 Å². The predicted octanol–water partition coefficient (Wildman–Crippen LogP) is 3.57. The van der Waals surface area contributed by atoms with Crippen LogP contribution in [0.4, 0.5) is 8.78 Å². The van der Waals surface area contributed by atoms with Gasteiger partial charge in [-0.2, -0.15) is 0 Å². The van der Waals surface area contributed by atoms with Gasteiger partial charge in [-0.05, 0) is 19.9 Å². The maximum atomic E-state index is 13.2. The van der Waals surface area contributed by atoms with Crippen LogP contribution in [0, 0.1) is 0 Å². The number of allylic oxidation sites excluding steroid dienone is 4. The van der Waals surface area contributed by atoms with E-state index in [1.165, 1.54) is 11.0 Å². The molecule has 0 aromatic carbocycles. The number of rotatable bonds is 4. The average molecular weight is 201 g/mol. The Labute approximate surface area is 84.4 Å². The van der Waals surface area contributed by atoms with Gasteiger partial charge >= 0.3 is 0 Å². The highest BCUT2D eigenvalue weighted by Gasteiger charge is 2.30. The molecule has 1 nitrogen and oxygen atoms in total. The van der Waals surface area contributed by atoms with Gasteiger partial charge in [0.2, 0.25) is 0 Å². The first-order valence-electron chi connectivity index (χ1n) is 4.31. The van der Waals surface area contributed by atoms with Crippen molar-refractivity contribution >= 4 is 0 Å². The van der Waals surface area contributed by atoms with E-state index in [1.54, 1.807) is 20.9 Å². The average Bonchev–Trinajstić information content (AvgIpc) is 1.96. The molecule has 0 spiro atoms. The number of hydrogen-bond acceptors (Lipinski definition) is 1. The van der Waals surface area contributed by atoms with E-state index >= 15 is 0 Å². The lowest BCUT2D eigenvalue weighted by Crippen LogP contribution is -2.28. The summed E-state index contributed by atoms with van der Waals surface area (Å²) < 4.78 is 26.3. The molecule has 80 valence electrons. The summed E-state index contributed by atoms with van der Waals surface area (Å²) in [7, 11) is 1.56. The van der Waals surface area contributed by atoms with Gasteiger partial charge in [-0.15, -0.1) is 0 Å². The summed E-state index contributed by atoms with van der Waals surface area (Å²) in [5.74, 6) is -2.88. The fraction of sp³-hybridized carbons (Fsp3) is 0.455. The lowest BCUT2D eigenvalue weighted by molar-refractivity contribution is 0.0398. The van der Waals surface area contributed by atoms with Crippen molar-refractivity contribution < 1.29 is 8.78 Å². The smallest absolute Gasteiger partial charge is 0.285 e. The molecule has 0 aliphatic heterocycles. The van der Waals surface area contributed by atoms with Crippen LogP contribution in [-0.2, 0) is 0 Å². The molecule has 0 aromatic heterocycles. The maximum Gasteiger partial charge on any atom is 0.285 e. The van der Waals surface area contributed by atoms with E-state index in [4.69, 9.17) is 0 Å². The van der Waals surface area contributed by atoms with Crippen LogP contribution in [0.3, 0.4) is 0 Å². The van der Waals surface area contributed by atoms with Crippen LogP contribution in [-0.4, -0.2) is 17.9 Å². The van der Waals surface area contributed by atoms with Crippen LogP contribution in [0.25, 0.3) is 0 Å². The first-order valence-corrected chi connectivity index (χ1v) is 4.31. The first kappa shape index (κ1) is 12.9. The Bertz CT molecular complexity index is 272. The number of nitrogens with zero attached hydrogens (tertiary/aromatic N) is 1. The Morgan fingerprint density at radius 2 is 1.71 bits per heavy atom. The number of hydrogen-bond donors (Lipinski definition) is 0. The largest absolute Gasteiger partial charge is 0.348 e. The fourth-order valence-corrected chi connectivity index (χ4v) is 0.957. The second-order valence-electron chi connectivity index (χ2n) is 3.56. The molecule has 0 aliphatic carbocycles. The van der Waals surface area contributed by atoms with Crippen molar-refractivity contribution in [3.8, 4) is 0 Å². The van der Waals surface area contributed by atoms with Crippen molar-refractivity contribution in [2.24, 2.45) is 0 Å². The third-order valence-corrected chi connectivity index (χ3v) is 1.77. The molecule has 0 fully saturated rings. The summed E-state index contributed by atoms with van der Waals surface area (Å²) in [4.78, 5) is 1.37. The molecule has 0 amide bonds. The van der Waals surface area contributed by atoms with Crippen molar-refractivity contribution in [2.45, 2.75) is 26.7 Å².